The molecule has 0 saturated carbocycles. The summed E-state index contributed by atoms with van der Waals surface area (Å²) in [5.41, 5.74) is 0.418. The second-order valence-corrected chi connectivity index (χ2v) is 6.07. The Labute approximate surface area is 130 Å². The molecule has 0 aliphatic rings. The molecule has 3 N–H and O–H groups in total. The standard InChI is InChI=1S/C13H16BrClN2O3/c1-7(2)5-11(12(18)19)17-13(20)16-10-4-3-8(14)6-9(10)15/h3-4,6-7,11H,5H2,1-2H3,(H,18,19)(H2,16,17,20). The van der Waals surface area contributed by atoms with Crippen LogP contribution >= 0.6 is 27.5 Å². The minimum absolute atomic E-state index is 0.160. The molecule has 0 heterocycles. The van der Waals surface area contributed by atoms with Crippen molar-refractivity contribution in [2.24, 2.45) is 5.92 Å². The van der Waals surface area contributed by atoms with Crippen LogP contribution in [0.5, 0.6) is 0 Å². The first kappa shape index (κ1) is 16.8. The van der Waals surface area contributed by atoms with Gasteiger partial charge >= 0.3 is 12.0 Å². The van der Waals surface area contributed by atoms with Crippen molar-refractivity contribution in [3.05, 3.63) is 27.7 Å². The number of carbonyl (C=O) groups excluding carboxylic acids is 1. The van der Waals surface area contributed by atoms with E-state index in [0.29, 0.717) is 17.1 Å². The van der Waals surface area contributed by atoms with Crippen molar-refractivity contribution >= 4 is 45.2 Å². The fraction of sp³-hybridized carbons (Fsp3) is 0.385. The van der Waals surface area contributed by atoms with E-state index in [1.54, 1.807) is 18.2 Å². The molecule has 0 radical (unpaired) electrons. The Bertz CT molecular complexity index is 508. The van der Waals surface area contributed by atoms with Crippen LogP contribution in [0.15, 0.2) is 22.7 Å². The number of carboxylic acids is 1. The number of aliphatic carboxylic acids is 1. The summed E-state index contributed by atoms with van der Waals surface area (Å²) in [6.45, 7) is 3.78. The summed E-state index contributed by atoms with van der Waals surface area (Å²) in [4.78, 5) is 22.8. The second-order valence-electron chi connectivity index (χ2n) is 4.74. The van der Waals surface area contributed by atoms with Gasteiger partial charge in [0.2, 0.25) is 0 Å². The first-order valence-electron chi connectivity index (χ1n) is 6.05. The molecule has 110 valence electrons. The van der Waals surface area contributed by atoms with E-state index in [0.717, 1.165) is 4.47 Å². The molecule has 5 nitrogen and oxygen atoms in total. The SMILES string of the molecule is CC(C)CC(NC(=O)Nc1ccc(Br)cc1Cl)C(=O)O. The lowest BCUT2D eigenvalue weighted by atomic mass is 10.0. The normalized spacial score (nSPS) is 12.1. The molecule has 1 atom stereocenters. The van der Waals surface area contributed by atoms with Gasteiger partial charge in [0.25, 0.3) is 0 Å². The zero-order chi connectivity index (χ0) is 15.3. The Morgan fingerprint density at radius 2 is 2.05 bits per heavy atom. The van der Waals surface area contributed by atoms with Crippen LogP contribution in [0.25, 0.3) is 0 Å². The van der Waals surface area contributed by atoms with Crippen molar-refractivity contribution in [3.63, 3.8) is 0 Å². The van der Waals surface area contributed by atoms with E-state index in [4.69, 9.17) is 16.7 Å². The van der Waals surface area contributed by atoms with Gasteiger partial charge in [-0.3, -0.25) is 0 Å². The first-order chi connectivity index (χ1) is 9.29. The summed E-state index contributed by atoms with van der Waals surface area (Å²) >= 11 is 9.23. The number of halogens is 2. The van der Waals surface area contributed by atoms with Gasteiger partial charge in [-0.25, -0.2) is 9.59 Å². The number of carbonyl (C=O) groups is 2. The molecule has 20 heavy (non-hydrogen) atoms. The highest BCUT2D eigenvalue weighted by Gasteiger charge is 2.21. The molecule has 1 unspecified atom stereocenters. The molecule has 1 rings (SSSR count). The zero-order valence-electron chi connectivity index (χ0n) is 11.1. The van der Waals surface area contributed by atoms with Gasteiger partial charge < -0.3 is 15.7 Å². The topological polar surface area (TPSA) is 78.4 Å². The van der Waals surface area contributed by atoms with Crippen molar-refractivity contribution in [2.45, 2.75) is 26.3 Å². The highest BCUT2D eigenvalue weighted by atomic mass is 79.9. The van der Waals surface area contributed by atoms with E-state index in [1.165, 1.54) is 0 Å². The lowest BCUT2D eigenvalue weighted by molar-refractivity contribution is -0.139. The van der Waals surface area contributed by atoms with Crippen LogP contribution in [-0.4, -0.2) is 23.1 Å². The quantitative estimate of drug-likeness (QED) is 0.746. The fourth-order valence-electron chi connectivity index (χ4n) is 1.60. The van der Waals surface area contributed by atoms with Gasteiger partial charge in [-0.2, -0.15) is 0 Å². The third kappa shape index (κ3) is 5.38. The Morgan fingerprint density at radius 1 is 1.40 bits per heavy atom. The maximum Gasteiger partial charge on any atom is 0.326 e. The minimum Gasteiger partial charge on any atom is -0.480 e. The molecule has 0 aliphatic carbocycles. The lowest BCUT2D eigenvalue weighted by Crippen LogP contribution is -2.43. The summed E-state index contributed by atoms with van der Waals surface area (Å²) in [6, 6.07) is 3.47. The Morgan fingerprint density at radius 3 is 2.55 bits per heavy atom. The van der Waals surface area contributed by atoms with Crippen molar-refractivity contribution in [2.75, 3.05) is 5.32 Å². The Kier molecular flexibility index (Phi) is 6.29. The molecule has 0 spiro atoms. The highest BCUT2D eigenvalue weighted by molar-refractivity contribution is 9.10. The molecule has 1 aromatic rings. The van der Waals surface area contributed by atoms with E-state index >= 15 is 0 Å². The summed E-state index contributed by atoms with van der Waals surface area (Å²) < 4.78 is 0.789. The second kappa shape index (κ2) is 7.50. The van der Waals surface area contributed by atoms with Crippen LogP contribution in [0.4, 0.5) is 10.5 Å². The molecule has 1 aromatic carbocycles. The average Bonchev–Trinajstić information content (AvgIpc) is 2.31. The number of hydrogen-bond acceptors (Lipinski definition) is 2. The first-order valence-corrected chi connectivity index (χ1v) is 7.22. The van der Waals surface area contributed by atoms with E-state index in [9.17, 15) is 9.59 Å². The smallest absolute Gasteiger partial charge is 0.326 e. The number of hydrogen-bond donors (Lipinski definition) is 3. The van der Waals surface area contributed by atoms with Crippen LogP contribution in [0.3, 0.4) is 0 Å². The van der Waals surface area contributed by atoms with Gasteiger partial charge in [0.05, 0.1) is 10.7 Å². The molecule has 7 heteroatoms. The predicted octanol–water partition coefficient (Wildman–Crippen LogP) is 3.72. The van der Waals surface area contributed by atoms with Gasteiger partial charge in [0.15, 0.2) is 0 Å². The van der Waals surface area contributed by atoms with Crippen LogP contribution < -0.4 is 10.6 Å². The van der Waals surface area contributed by atoms with Crippen molar-refractivity contribution in [1.82, 2.24) is 5.32 Å². The summed E-state index contributed by atoms with van der Waals surface area (Å²) in [6.07, 6.45) is 0.358. The summed E-state index contributed by atoms with van der Waals surface area (Å²) in [7, 11) is 0. The molecule has 2 amide bonds. The zero-order valence-corrected chi connectivity index (χ0v) is 13.5. The number of amides is 2. The van der Waals surface area contributed by atoms with Crippen LogP contribution in [0.1, 0.15) is 20.3 Å². The number of carboxylic acid groups (broad SMARTS) is 1. The lowest BCUT2D eigenvalue weighted by Gasteiger charge is -2.17. The van der Waals surface area contributed by atoms with E-state index in [-0.39, 0.29) is 5.92 Å². The van der Waals surface area contributed by atoms with Gasteiger partial charge in [-0.1, -0.05) is 41.4 Å². The maximum atomic E-state index is 11.8. The average molecular weight is 364 g/mol. The summed E-state index contributed by atoms with van der Waals surface area (Å²) in [5, 5.41) is 14.4. The third-order valence-electron chi connectivity index (χ3n) is 2.49. The highest BCUT2D eigenvalue weighted by Crippen LogP contribution is 2.25. The van der Waals surface area contributed by atoms with E-state index in [2.05, 4.69) is 26.6 Å². The number of benzene rings is 1. The van der Waals surface area contributed by atoms with Crippen molar-refractivity contribution in [3.8, 4) is 0 Å². The van der Waals surface area contributed by atoms with Crippen LogP contribution in [0, 0.1) is 5.92 Å². The van der Waals surface area contributed by atoms with Crippen molar-refractivity contribution < 1.29 is 14.7 Å². The number of anilines is 1. The molecular weight excluding hydrogens is 348 g/mol. The molecular formula is C13H16BrClN2O3. The van der Waals surface area contributed by atoms with Gasteiger partial charge in [0.1, 0.15) is 6.04 Å². The third-order valence-corrected chi connectivity index (χ3v) is 3.30. The van der Waals surface area contributed by atoms with Crippen LogP contribution in [-0.2, 0) is 4.79 Å². The molecule has 0 aliphatic heterocycles. The summed E-state index contributed by atoms with van der Waals surface area (Å²) in [5.74, 6) is -0.900. The maximum absolute atomic E-state index is 11.8. The fourth-order valence-corrected chi connectivity index (χ4v) is 2.32. The van der Waals surface area contributed by atoms with E-state index < -0.39 is 18.0 Å². The van der Waals surface area contributed by atoms with Crippen molar-refractivity contribution in [1.29, 1.82) is 0 Å². The van der Waals surface area contributed by atoms with E-state index in [1.807, 2.05) is 13.8 Å². The van der Waals surface area contributed by atoms with Gasteiger partial charge in [-0.15, -0.1) is 0 Å². The molecule has 0 aromatic heterocycles. The molecule has 0 bridgehead atoms. The number of nitrogens with one attached hydrogen (secondary N) is 2. The molecule has 0 fully saturated rings. The Balaban J connectivity index is 2.68. The number of urea groups is 1. The predicted molar refractivity (Wildman–Crippen MR) is 82.2 cm³/mol. The number of rotatable bonds is 5. The monoisotopic (exact) mass is 362 g/mol. The minimum atomic E-state index is -1.06. The van der Waals surface area contributed by atoms with Crippen LogP contribution in [0.2, 0.25) is 5.02 Å². The van der Waals surface area contributed by atoms with Gasteiger partial charge in [0, 0.05) is 4.47 Å². The largest absolute Gasteiger partial charge is 0.480 e. The molecule has 0 saturated heterocycles. The van der Waals surface area contributed by atoms with Gasteiger partial charge in [-0.05, 0) is 30.5 Å². The Hall–Kier alpha value is -1.27.